The first-order chi connectivity index (χ1) is 9.19. The zero-order valence-electron chi connectivity index (χ0n) is 9.91. The molecule has 8 nitrogen and oxygen atoms in total. The summed E-state index contributed by atoms with van der Waals surface area (Å²) in [6, 6.07) is 3.19. The molecule has 2 aromatic rings. The first-order valence-corrected chi connectivity index (χ1v) is 5.51. The van der Waals surface area contributed by atoms with E-state index >= 15 is 0 Å². The van der Waals surface area contributed by atoms with Gasteiger partial charge in [-0.2, -0.15) is 5.10 Å². The minimum Gasteiger partial charge on any atom is -0.480 e. The van der Waals surface area contributed by atoms with Crippen LogP contribution in [0.4, 0.5) is 5.82 Å². The molecule has 0 aliphatic rings. The molecule has 98 valence electrons. The monoisotopic (exact) mass is 279 g/mol. The van der Waals surface area contributed by atoms with Crippen LogP contribution in [0.2, 0.25) is 5.15 Å². The van der Waals surface area contributed by atoms with Crippen molar-refractivity contribution in [2.45, 2.75) is 0 Å². The van der Waals surface area contributed by atoms with Gasteiger partial charge in [-0.25, -0.2) is 4.98 Å². The maximum atomic E-state index is 5.75. The largest absolute Gasteiger partial charge is 0.480 e. The molecular formula is C10H10ClN7O. The Balaban J connectivity index is 2.11. The third-order valence-corrected chi connectivity index (χ3v) is 2.21. The number of amidine groups is 1. The summed E-state index contributed by atoms with van der Waals surface area (Å²) >= 11 is 5.61. The van der Waals surface area contributed by atoms with E-state index in [2.05, 4.69) is 30.7 Å². The Kier molecular flexibility index (Phi) is 4.04. The number of hydrogen-bond acceptors (Lipinski definition) is 7. The fourth-order valence-corrected chi connectivity index (χ4v) is 1.22. The van der Waals surface area contributed by atoms with Gasteiger partial charge in [0.15, 0.2) is 16.8 Å². The van der Waals surface area contributed by atoms with Crippen molar-refractivity contribution in [3.8, 4) is 5.88 Å². The molecule has 2 rings (SSSR count). The third kappa shape index (κ3) is 3.49. The quantitative estimate of drug-likeness (QED) is 0.480. The van der Waals surface area contributed by atoms with Gasteiger partial charge < -0.3 is 10.5 Å². The zero-order chi connectivity index (χ0) is 13.7. The zero-order valence-corrected chi connectivity index (χ0v) is 10.7. The second-order valence-electron chi connectivity index (χ2n) is 3.30. The van der Waals surface area contributed by atoms with Gasteiger partial charge in [-0.1, -0.05) is 11.6 Å². The van der Waals surface area contributed by atoms with Gasteiger partial charge in [0, 0.05) is 0 Å². The van der Waals surface area contributed by atoms with E-state index in [1.807, 2.05) is 0 Å². The number of ether oxygens (including phenoxy) is 1. The topological polar surface area (TPSA) is 111 Å². The maximum absolute atomic E-state index is 5.75. The van der Waals surface area contributed by atoms with E-state index in [0.717, 1.165) is 0 Å². The summed E-state index contributed by atoms with van der Waals surface area (Å²) in [6.07, 6.45) is 2.94. The number of rotatable bonds is 4. The van der Waals surface area contributed by atoms with Crippen molar-refractivity contribution in [2.24, 2.45) is 10.8 Å². The predicted octanol–water partition coefficient (Wildman–Crippen LogP) is 0.661. The van der Waals surface area contributed by atoms with E-state index in [0.29, 0.717) is 22.5 Å². The van der Waals surface area contributed by atoms with Crippen LogP contribution in [0, 0.1) is 0 Å². The molecule has 3 N–H and O–H groups in total. The molecule has 2 aromatic heterocycles. The summed E-state index contributed by atoms with van der Waals surface area (Å²) in [5, 5.41) is 11.6. The number of hydrazone groups is 1. The van der Waals surface area contributed by atoms with Crippen LogP contribution in [0.5, 0.6) is 5.88 Å². The Morgan fingerprint density at radius 1 is 1.37 bits per heavy atom. The number of halogens is 1. The van der Waals surface area contributed by atoms with Gasteiger partial charge in [0.2, 0.25) is 5.88 Å². The highest BCUT2D eigenvalue weighted by Crippen LogP contribution is 2.07. The molecule has 9 heteroatoms. The number of nitrogens with zero attached hydrogens (tertiary/aromatic N) is 5. The van der Waals surface area contributed by atoms with Crippen molar-refractivity contribution in [3.05, 3.63) is 35.4 Å². The van der Waals surface area contributed by atoms with Crippen LogP contribution in [0.15, 0.2) is 29.6 Å². The van der Waals surface area contributed by atoms with Crippen molar-refractivity contribution < 1.29 is 4.74 Å². The van der Waals surface area contributed by atoms with Crippen molar-refractivity contribution in [1.29, 1.82) is 0 Å². The van der Waals surface area contributed by atoms with E-state index in [1.54, 1.807) is 12.1 Å². The summed E-state index contributed by atoms with van der Waals surface area (Å²) in [5.41, 5.74) is 8.76. The molecule has 0 unspecified atom stereocenters. The lowest BCUT2D eigenvalue weighted by Gasteiger charge is -2.03. The number of nitrogens with two attached hydrogens (primary N) is 1. The summed E-state index contributed by atoms with van der Waals surface area (Å²) in [5.74, 6) is 0.897. The summed E-state index contributed by atoms with van der Waals surface area (Å²) < 4.78 is 4.94. The number of aromatic nitrogens is 4. The highest BCUT2D eigenvalue weighted by atomic mass is 35.5. The summed E-state index contributed by atoms with van der Waals surface area (Å²) in [6.45, 7) is 0. The SMILES string of the molecule is COc1cncc(/C(N)=N/Nc2ccc(Cl)nn2)n1. The second-order valence-corrected chi connectivity index (χ2v) is 3.68. The highest BCUT2D eigenvalue weighted by molar-refractivity contribution is 6.29. The normalized spacial score (nSPS) is 11.2. The first kappa shape index (κ1) is 13.0. The predicted molar refractivity (Wildman–Crippen MR) is 70.0 cm³/mol. The lowest BCUT2D eigenvalue weighted by Crippen LogP contribution is -2.17. The van der Waals surface area contributed by atoms with Gasteiger partial charge in [0.25, 0.3) is 0 Å². The van der Waals surface area contributed by atoms with Crippen LogP contribution in [0.3, 0.4) is 0 Å². The van der Waals surface area contributed by atoms with Crippen LogP contribution in [-0.2, 0) is 0 Å². The van der Waals surface area contributed by atoms with E-state index in [4.69, 9.17) is 22.1 Å². The fourth-order valence-electron chi connectivity index (χ4n) is 1.12. The van der Waals surface area contributed by atoms with Crippen molar-refractivity contribution in [2.75, 3.05) is 12.5 Å². The summed E-state index contributed by atoms with van der Waals surface area (Å²) in [7, 11) is 1.49. The Hall–Kier alpha value is -2.48. The lowest BCUT2D eigenvalue weighted by molar-refractivity contribution is 0.395. The Morgan fingerprint density at radius 3 is 2.89 bits per heavy atom. The van der Waals surface area contributed by atoms with Crippen molar-refractivity contribution in [3.63, 3.8) is 0 Å². The lowest BCUT2D eigenvalue weighted by atomic mass is 10.4. The molecule has 0 fully saturated rings. The Bertz CT molecular complexity index is 587. The van der Waals surface area contributed by atoms with E-state index in [1.165, 1.54) is 19.5 Å². The molecule has 0 aliphatic heterocycles. The van der Waals surface area contributed by atoms with Gasteiger partial charge in [-0.05, 0) is 12.1 Å². The molecule has 0 bridgehead atoms. The molecule has 0 saturated heterocycles. The standard InChI is InChI=1S/C10H10ClN7O/c1-19-9-5-13-4-6(14-9)10(12)18-17-8-3-2-7(11)15-16-8/h2-5H,1H3,(H2,12,18)(H,16,17). The van der Waals surface area contributed by atoms with Crippen LogP contribution < -0.4 is 15.9 Å². The minimum atomic E-state index is 0.142. The van der Waals surface area contributed by atoms with Gasteiger partial charge in [0.05, 0.1) is 19.5 Å². The molecule has 0 saturated carbocycles. The maximum Gasteiger partial charge on any atom is 0.232 e. The minimum absolute atomic E-state index is 0.142. The third-order valence-electron chi connectivity index (χ3n) is 2.01. The number of nitrogens with one attached hydrogen (secondary N) is 1. The van der Waals surface area contributed by atoms with Gasteiger partial charge in [-0.15, -0.1) is 10.2 Å². The molecule has 0 spiro atoms. The van der Waals surface area contributed by atoms with E-state index in [9.17, 15) is 0 Å². The number of anilines is 1. The molecule has 0 atom stereocenters. The number of hydrogen-bond donors (Lipinski definition) is 2. The smallest absolute Gasteiger partial charge is 0.232 e. The summed E-state index contributed by atoms with van der Waals surface area (Å²) in [4.78, 5) is 8.00. The molecule has 0 radical (unpaired) electrons. The van der Waals surface area contributed by atoms with Gasteiger partial charge in [-0.3, -0.25) is 10.4 Å². The molecule has 19 heavy (non-hydrogen) atoms. The first-order valence-electron chi connectivity index (χ1n) is 5.14. The van der Waals surface area contributed by atoms with Crippen LogP contribution in [-0.4, -0.2) is 33.1 Å². The van der Waals surface area contributed by atoms with E-state index < -0.39 is 0 Å². The molecule has 0 aliphatic carbocycles. The van der Waals surface area contributed by atoms with Crippen LogP contribution in [0.1, 0.15) is 5.69 Å². The number of methoxy groups -OCH3 is 1. The van der Waals surface area contributed by atoms with Crippen LogP contribution in [0.25, 0.3) is 0 Å². The van der Waals surface area contributed by atoms with Crippen LogP contribution >= 0.6 is 11.6 Å². The van der Waals surface area contributed by atoms with Gasteiger partial charge >= 0.3 is 0 Å². The average molecular weight is 280 g/mol. The molecular weight excluding hydrogens is 270 g/mol. The van der Waals surface area contributed by atoms with Crippen molar-refractivity contribution in [1.82, 2.24) is 20.2 Å². The molecule has 0 aromatic carbocycles. The molecule has 2 heterocycles. The second kappa shape index (κ2) is 5.91. The fraction of sp³-hybridized carbons (Fsp3) is 0.100. The molecule has 0 amide bonds. The van der Waals surface area contributed by atoms with Gasteiger partial charge in [0.1, 0.15) is 5.69 Å². The highest BCUT2D eigenvalue weighted by Gasteiger charge is 2.03. The Morgan fingerprint density at radius 2 is 2.21 bits per heavy atom. The Labute approximate surface area is 113 Å². The van der Waals surface area contributed by atoms with E-state index in [-0.39, 0.29) is 5.84 Å². The van der Waals surface area contributed by atoms with Crippen molar-refractivity contribution >= 4 is 23.3 Å². The average Bonchev–Trinajstić information content (AvgIpc) is 2.46.